The molecule has 0 fully saturated rings. The van der Waals surface area contributed by atoms with Gasteiger partial charge in [-0.25, -0.2) is 0 Å². The van der Waals surface area contributed by atoms with Crippen molar-refractivity contribution in [3.63, 3.8) is 0 Å². The average molecular weight is 819 g/mol. The summed E-state index contributed by atoms with van der Waals surface area (Å²) in [6.07, 6.45) is 0. The minimum absolute atomic E-state index is 0.0968. The van der Waals surface area contributed by atoms with E-state index in [0.717, 1.165) is 72.4 Å². The van der Waals surface area contributed by atoms with Gasteiger partial charge in [0.2, 0.25) is 0 Å². The molecule has 0 bridgehead atoms. The summed E-state index contributed by atoms with van der Waals surface area (Å²) >= 11 is 0. The van der Waals surface area contributed by atoms with Crippen molar-refractivity contribution in [1.29, 1.82) is 0 Å². The largest absolute Gasteiger partial charge is 0.456 e. The number of anilines is 3. The Morgan fingerprint density at radius 1 is 0.406 bits per heavy atom. The van der Waals surface area contributed by atoms with Gasteiger partial charge in [0.1, 0.15) is 11.2 Å². The molecule has 302 valence electrons. The summed E-state index contributed by atoms with van der Waals surface area (Å²) in [5.74, 6) is 0. The Bertz CT molecular complexity index is 3790. The van der Waals surface area contributed by atoms with Crippen LogP contribution in [0.1, 0.15) is 25.0 Å². The summed E-state index contributed by atoms with van der Waals surface area (Å²) in [7, 11) is 0. The van der Waals surface area contributed by atoms with Gasteiger partial charge in [0, 0.05) is 61.0 Å². The second-order valence-corrected chi connectivity index (χ2v) is 17.7. The number of rotatable bonds is 6. The molecule has 10 aromatic carbocycles. The van der Waals surface area contributed by atoms with Crippen molar-refractivity contribution in [2.24, 2.45) is 0 Å². The molecule has 2 heterocycles. The van der Waals surface area contributed by atoms with Gasteiger partial charge >= 0.3 is 0 Å². The number of furan rings is 1. The number of para-hydroxylation sites is 2. The van der Waals surface area contributed by atoms with E-state index in [1.807, 2.05) is 0 Å². The molecule has 2 aromatic heterocycles. The van der Waals surface area contributed by atoms with Crippen LogP contribution >= 0.6 is 0 Å². The highest BCUT2D eigenvalue weighted by molar-refractivity contribution is 6.27. The topological polar surface area (TPSA) is 21.3 Å². The minimum Gasteiger partial charge on any atom is -0.456 e. The fraction of sp³-hybridized carbons (Fsp3) is 0.0492. The Morgan fingerprint density at radius 3 is 1.91 bits per heavy atom. The van der Waals surface area contributed by atoms with Gasteiger partial charge in [-0.2, -0.15) is 0 Å². The zero-order chi connectivity index (χ0) is 42.5. The van der Waals surface area contributed by atoms with Crippen LogP contribution in [0.2, 0.25) is 0 Å². The van der Waals surface area contributed by atoms with Crippen LogP contribution in [-0.4, -0.2) is 4.57 Å². The maximum absolute atomic E-state index is 6.71. The first-order chi connectivity index (χ1) is 31.5. The van der Waals surface area contributed by atoms with E-state index in [9.17, 15) is 0 Å². The molecule has 3 nitrogen and oxygen atoms in total. The molecule has 3 heteroatoms. The standard InChI is InChI=1S/C61H42N2O/c1-61(2)51-25-13-11-23-47(51)48-34-33-45(37-52(48)61)62(43-20-7-4-8-21-43)44-31-28-39(29-32-44)42-30-35-54-50(36-42)59-55(63(54)53-26-15-19-40-16-9-10-22-46(40)53)38-57-60(49-24-12-14-27-56(49)64-57)58(59)41-17-5-3-6-18-41/h3-38H,1-2H3. The number of hydrogen-bond acceptors (Lipinski definition) is 2. The summed E-state index contributed by atoms with van der Waals surface area (Å²) in [4.78, 5) is 2.39. The summed E-state index contributed by atoms with van der Waals surface area (Å²) in [5.41, 5.74) is 18.5. The summed E-state index contributed by atoms with van der Waals surface area (Å²) in [5, 5.41) is 7.08. The van der Waals surface area contributed by atoms with E-state index in [1.54, 1.807) is 0 Å². The predicted molar refractivity (Wildman–Crippen MR) is 269 cm³/mol. The summed E-state index contributed by atoms with van der Waals surface area (Å²) in [6, 6.07) is 79.6. The Morgan fingerprint density at radius 2 is 1.06 bits per heavy atom. The molecule has 0 saturated heterocycles. The number of aromatic nitrogens is 1. The van der Waals surface area contributed by atoms with Crippen molar-refractivity contribution in [1.82, 2.24) is 4.57 Å². The number of benzene rings is 10. The highest BCUT2D eigenvalue weighted by atomic mass is 16.3. The molecule has 0 atom stereocenters. The third-order valence-corrected chi connectivity index (χ3v) is 13.8. The third-order valence-electron chi connectivity index (χ3n) is 13.8. The quantitative estimate of drug-likeness (QED) is 0.167. The van der Waals surface area contributed by atoms with Gasteiger partial charge in [-0.15, -0.1) is 0 Å². The minimum atomic E-state index is -0.0968. The Balaban J connectivity index is 1.01. The Hall–Kier alpha value is -8.14. The van der Waals surface area contributed by atoms with Crippen molar-refractivity contribution in [3.8, 4) is 39.1 Å². The lowest BCUT2D eigenvalue weighted by atomic mass is 9.82. The van der Waals surface area contributed by atoms with Crippen LogP contribution in [0.4, 0.5) is 17.1 Å². The van der Waals surface area contributed by atoms with E-state index in [0.29, 0.717) is 0 Å². The summed E-state index contributed by atoms with van der Waals surface area (Å²) < 4.78 is 9.17. The molecule has 0 saturated carbocycles. The Kier molecular flexibility index (Phi) is 7.95. The first kappa shape index (κ1) is 36.5. The first-order valence-corrected chi connectivity index (χ1v) is 22.2. The van der Waals surface area contributed by atoms with Crippen LogP contribution in [-0.2, 0) is 5.41 Å². The van der Waals surface area contributed by atoms with Crippen molar-refractivity contribution >= 4 is 71.6 Å². The van der Waals surface area contributed by atoms with Crippen LogP contribution in [0.25, 0.3) is 93.6 Å². The molecule has 0 unspecified atom stereocenters. The van der Waals surface area contributed by atoms with Crippen LogP contribution in [0, 0.1) is 0 Å². The fourth-order valence-corrected chi connectivity index (χ4v) is 10.8. The Labute approximate surface area is 371 Å². The van der Waals surface area contributed by atoms with Gasteiger partial charge in [0.05, 0.1) is 16.7 Å². The molecule has 0 aliphatic heterocycles. The van der Waals surface area contributed by atoms with Crippen molar-refractivity contribution < 1.29 is 4.42 Å². The number of fused-ring (bicyclic) bond motifs is 10. The fourth-order valence-electron chi connectivity index (χ4n) is 10.8. The van der Waals surface area contributed by atoms with E-state index in [2.05, 4.69) is 242 Å². The molecular formula is C61H42N2O. The monoisotopic (exact) mass is 818 g/mol. The second-order valence-electron chi connectivity index (χ2n) is 17.7. The van der Waals surface area contributed by atoms with E-state index >= 15 is 0 Å². The molecule has 0 N–H and O–H groups in total. The highest BCUT2D eigenvalue weighted by Crippen LogP contribution is 2.51. The molecule has 1 aliphatic carbocycles. The van der Waals surface area contributed by atoms with Gasteiger partial charge in [0.15, 0.2) is 0 Å². The predicted octanol–water partition coefficient (Wildman–Crippen LogP) is 16.9. The van der Waals surface area contributed by atoms with Gasteiger partial charge in [-0.05, 0) is 105 Å². The maximum atomic E-state index is 6.71. The van der Waals surface area contributed by atoms with Gasteiger partial charge < -0.3 is 13.9 Å². The van der Waals surface area contributed by atoms with E-state index in [1.165, 1.54) is 49.4 Å². The van der Waals surface area contributed by atoms with E-state index < -0.39 is 0 Å². The van der Waals surface area contributed by atoms with E-state index in [4.69, 9.17) is 4.42 Å². The van der Waals surface area contributed by atoms with Gasteiger partial charge in [-0.3, -0.25) is 0 Å². The van der Waals surface area contributed by atoms with Crippen LogP contribution in [0.15, 0.2) is 223 Å². The normalized spacial score (nSPS) is 13.0. The zero-order valence-corrected chi connectivity index (χ0v) is 35.6. The van der Waals surface area contributed by atoms with Gasteiger partial charge in [0.25, 0.3) is 0 Å². The SMILES string of the molecule is CC1(C)c2ccccc2-c2ccc(N(c3ccccc3)c3ccc(-c4ccc5c(c4)c4c(-c6ccccc6)c6c(cc4n5-c4cccc5ccccc45)oc4ccccc46)cc3)cc21. The molecule has 12 aromatic rings. The van der Waals surface area contributed by atoms with E-state index in [-0.39, 0.29) is 5.41 Å². The molecule has 0 spiro atoms. The summed E-state index contributed by atoms with van der Waals surface area (Å²) in [6.45, 7) is 4.70. The smallest absolute Gasteiger partial charge is 0.138 e. The molecule has 64 heavy (non-hydrogen) atoms. The lowest BCUT2D eigenvalue weighted by Crippen LogP contribution is -2.16. The van der Waals surface area contributed by atoms with Crippen molar-refractivity contribution in [3.05, 3.63) is 230 Å². The first-order valence-electron chi connectivity index (χ1n) is 22.2. The lowest BCUT2D eigenvalue weighted by molar-refractivity contribution is 0.660. The van der Waals surface area contributed by atoms with Crippen LogP contribution in [0.3, 0.4) is 0 Å². The molecule has 0 amide bonds. The second kappa shape index (κ2) is 13.9. The number of nitrogens with zero attached hydrogens (tertiary/aromatic N) is 2. The lowest BCUT2D eigenvalue weighted by Gasteiger charge is -2.28. The molecule has 13 rings (SSSR count). The van der Waals surface area contributed by atoms with Crippen LogP contribution in [0.5, 0.6) is 0 Å². The zero-order valence-electron chi connectivity index (χ0n) is 35.6. The molecular weight excluding hydrogens is 777 g/mol. The molecule has 0 radical (unpaired) electrons. The van der Waals surface area contributed by atoms with Gasteiger partial charge in [-0.1, -0.05) is 166 Å². The average Bonchev–Trinajstić information content (AvgIpc) is 3.96. The van der Waals surface area contributed by atoms with Crippen LogP contribution < -0.4 is 4.90 Å². The maximum Gasteiger partial charge on any atom is 0.138 e. The molecule has 1 aliphatic rings. The van der Waals surface area contributed by atoms with Crippen molar-refractivity contribution in [2.45, 2.75) is 19.3 Å². The number of hydrogen-bond donors (Lipinski definition) is 0. The third kappa shape index (κ3) is 5.41. The van der Waals surface area contributed by atoms with Crippen molar-refractivity contribution in [2.75, 3.05) is 4.90 Å². The highest BCUT2D eigenvalue weighted by Gasteiger charge is 2.36.